The summed E-state index contributed by atoms with van der Waals surface area (Å²) in [6, 6.07) is 8.90. The number of aromatic amines is 1. The van der Waals surface area contributed by atoms with Crippen LogP contribution >= 0.6 is 0 Å². The molecule has 73 valence electrons. The normalized spacial score (nSPS) is 13.0. The first-order valence-electron chi connectivity index (χ1n) is 4.48. The average molecular weight is 190 g/mol. The highest BCUT2D eigenvalue weighted by atomic mass is 16.7. The summed E-state index contributed by atoms with van der Waals surface area (Å²) in [4.78, 5) is 3.08. The zero-order valence-electron chi connectivity index (χ0n) is 8.20. The van der Waals surface area contributed by atoms with Gasteiger partial charge in [0.25, 0.3) is 0 Å². The maximum atomic E-state index is 5.56. The van der Waals surface area contributed by atoms with Crippen LogP contribution in [0.4, 0.5) is 0 Å². The average Bonchev–Trinajstić information content (AvgIpc) is 2.66. The Hall–Kier alpha value is -1.48. The minimum Gasteiger partial charge on any atom is -0.463 e. The Morgan fingerprint density at radius 1 is 1.43 bits per heavy atom. The molecule has 1 unspecified atom stereocenters. The molecule has 2 aromatic rings. The van der Waals surface area contributed by atoms with Gasteiger partial charge in [-0.1, -0.05) is 12.1 Å². The summed E-state index contributed by atoms with van der Waals surface area (Å²) in [5, 5.41) is 1.02. The molecule has 0 bridgehead atoms. The van der Waals surface area contributed by atoms with Crippen LogP contribution in [0.1, 0.15) is 6.92 Å². The van der Waals surface area contributed by atoms with Crippen molar-refractivity contribution in [1.29, 1.82) is 0 Å². The van der Waals surface area contributed by atoms with Gasteiger partial charge in [0.2, 0.25) is 0 Å². The van der Waals surface area contributed by atoms with Gasteiger partial charge in [0.05, 0.1) is 5.52 Å². The molecule has 1 N–H and O–H groups in total. The fraction of sp³-hybridized carbons (Fsp3) is 0.273. The lowest BCUT2D eigenvalue weighted by Crippen LogP contribution is -2.13. The molecule has 1 aromatic heterocycles. The third-order valence-electron chi connectivity index (χ3n) is 2.10. The zero-order chi connectivity index (χ0) is 9.97. The van der Waals surface area contributed by atoms with Crippen molar-refractivity contribution in [3.63, 3.8) is 0 Å². The maximum Gasteiger partial charge on any atom is 0.196 e. The first kappa shape index (κ1) is 9.09. The number of benzene rings is 1. The van der Waals surface area contributed by atoms with E-state index in [2.05, 4.69) is 11.1 Å². The van der Waals surface area contributed by atoms with Crippen molar-refractivity contribution in [2.45, 2.75) is 13.2 Å². The molecule has 0 spiro atoms. The van der Waals surface area contributed by atoms with Gasteiger partial charge in [0.1, 0.15) is 5.75 Å². The number of fused-ring (bicyclic) bond motifs is 1. The lowest BCUT2D eigenvalue weighted by atomic mass is 10.2. The van der Waals surface area contributed by atoms with Crippen LogP contribution in [-0.2, 0) is 4.74 Å². The Morgan fingerprint density at radius 3 is 3.07 bits per heavy atom. The lowest BCUT2D eigenvalue weighted by molar-refractivity contribution is -0.0374. The van der Waals surface area contributed by atoms with Crippen molar-refractivity contribution in [2.24, 2.45) is 0 Å². The van der Waals surface area contributed by atoms with E-state index in [0.717, 1.165) is 16.7 Å². The van der Waals surface area contributed by atoms with E-state index in [0.29, 0.717) is 0 Å². The minimum atomic E-state index is -0.246. The molecule has 14 heavy (non-hydrogen) atoms. The van der Waals surface area contributed by atoms with Gasteiger partial charge in [0.15, 0.2) is 6.29 Å². The van der Waals surface area contributed by atoms with Gasteiger partial charge in [-0.05, 0) is 13.0 Å². The molecule has 1 aromatic carbocycles. The number of aromatic nitrogens is 1. The van der Waals surface area contributed by atoms with Crippen molar-refractivity contribution in [2.75, 3.05) is 7.11 Å². The van der Waals surface area contributed by atoms with Crippen molar-refractivity contribution in [3.05, 3.63) is 30.5 Å². The fourth-order valence-corrected chi connectivity index (χ4v) is 1.31. The molecular formula is C11H12NO2. The molecule has 2 rings (SSSR count). The van der Waals surface area contributed by atoms with E-state index >= 15 is 0 Å². The first-order chi connectivity index (χ1) is 6.81. The van der Waals surface area contributed by atoms with Crippen LogP contribution in [0.25, 0.3) is 10.9 Å². The molecule has 1 radical (unpaired) electrons. The van der Waals surface area contributed by atoms with Crippen LogP contribution in [0.5, 0.6) is 5.75 Å². The summed E-state index contributed by atoms with van der Waals surface area (Å²) >= 11 is 0. The van der Waals surface area contributed by atoms with Crippen molar-refractivity contribution >= 4 is 10.9 Å². The van der Waals surface area contributed by atoms with Crippen molar-refractivity contribution in [1.82, 2.24) is 4.98 Å². The third-order valence-corrected chi connectivity index (χ3v) is 2.10. The summed E-state index contributed by atoms with van der Waals surface area (Å²) in [7, 11) is 1.62. The summed E-state index contributed by atoms with van der Waals surface area (Å²) in [6.07, 6.45) is 1.53. The molecule has 3 heteroatoms. The van der Waals surface area contributed by atoms with Crippen LogP contribution in [0.15, 0.2) is 24.4 Å². The van der Waals surface area contributed by atoms with Crippen LogP contribution in [-0.4, -0.2) is 18.4 Å². The highest BCUT2D eigenvalue weighted by Gasteiger charge is 2.06. The quantitative estimate of drug-likeness (QED) is 0.754. The highest BCUT2D eigenvalue weighted by Crippen LogP contribution is 2.24. The van der Waals surface area contributed by atoms with Crippen molar-refractivity contribution < 1.29 is 9.47 Å². The molecule has 0 aliphatic carbocycles. The van der Waals surface area contributed by atoms with Gasteiger partial charge < -0.3 is 14.5 Å². The van der Waals surface area contributed by atoms with Crippen LogP contribution < -0.4 is 4.74 Å². The molecule has 1 heterocycles. The maximum absolute atomic E-state index is 5.56. The Morgan fingerprint density at radius 2 is 2.29 bits per heavy atom. The zero-order valence-corrected chi connectivity index (χ0v) is 8.20. The number of hydrogen-bond donors (Lipinski definition) is 1. The van der Waals surface area contributed by atoms with Gasteiger partial charge in [-0.15, -0.1) is 0 Å². The van der Waals surface area contributed by atoms with Crippen LogP contribution in [0, 0.1) is 6.07 Å². The third kappa shape index (κ3) is 1.59. The molecule has 0 saturated heterocycles. The number of ether oxygens (including phenoxy) is 2. The second kappa shape index (κ2) is 3.72. The number of H-pyrrole nitrogens is 1. The van der Waals surface area contributed by atoms with E-state index in [-0.39, 0.29) is 6.29 Å². The second-order valence-electron chi connectivity index (χ2n) is 3.03. The summed E-state index contributed by atoms with van der Waals surface area (Å²) < 4.78 is 10.6. The van der Waals surface area contributed by atoms with Crippen LogP contribution in [0.2, 0.25) is 0 Å². The number of methoxy groups -OCH3 is 1. The molecule has 3 nitrogen and oxygen atoms in total. The first-order valence-corrected chi connectivity index (χ1v) is 4.48. The predicted octanol–water partition coefficient (Wildman–Crippen LogP) is 2.34. The van der Waals surface area contributed by atoms with Gasteiger partial charge >= 0.3 is 0 Å². The van der Waals surface area contributed by atoms with E-state index in [4.69, 9.17) is 9.47 Å². The molecule has 1 atom stereocenters. The smallest absolute Gasteiger partial charge is 0.196 e. The Kier molecular flexibility index (Phi) is 2.41. The predicted molar refractivity (Wildman–Crippen MR) is 54.2 cm³/mol. The summed E-state index contributed by atoms with van der Waals surface area (Å²) in [5.74, 6) is 0.790. The lowest BCUT2D eigenvalue weighted by Gasteiger charge is -2.12. The van der Waals surface area contributed by atoms with Crippen LogP contribution in [0.3, 0.4) is 0 Å². The number of hydrogen-bond acceptors (Lipinski definition) is 2. The Bertz CT molecular complexity index is 422. The number of rotatable bonds is 3. The Labute approximate surface area is 82.6 Å². The van der Waals surface area contributed by atoms with E-state index < -0.39 is 0 Å². The fourth-order valence-electron chi connectivity index (χ4n) is 1.31. The van der Waals surface area contributed by atoms with Gasteiger partial charge in [-0.25, -0.2) is 0 Å². The SMILES string of the molecule is COC(C)Oc1cccc2[c]c[nH]c12. The van der Waals surface area contributed by atoms with Gasteiger partial charge in [-0.3, -0.25) is 0 Å². The summed E-state index contributed by atoms with van der Waals surface area (Å²) in [6.45, 7) is 1.85. The molecule has 0 amide bonds. The molecule has 0 fully saturated rings. The Balaban J connectivity index is 2.36. The highest BCUT2D eigenvalue weighted by molar-refractivity contribution is 5.84. The van der Waals surface area contributed by atoms with Crippen molar-refractivity contribution in [3.8, 4) is 5.75 Å². The van der Waals surface area contributed by atoms with E-state index in [1.165, 1.54) is 0 Å². The molecular weight excluding hydrogens is 178 g/mol. The molecule has 0 aliphatic rings. The number of nitrogens with one attached hydrogen (secondary N) is 1. The van der Waals surface area contributed by atoms with E-state index in [9.17, 15) is 0 Å². The standard InChI is InChI=1S/C11H12NO2/c1-8(13-2)14-10-5-3-4-9-6-7-12-11(9)10/h3-5,7-8,12H,1-2H3. The topological polar surface area (TPSA) is 34.2 Å². The monoisotopic (exact) mass is 190 g/mol. The summed E-state index contributed by atoms with van der Waals surface area (Å²) in [5.41, 5.74) is 0.955. The number of para-hydroxylation sites is 1. The second-order valence-corrected chi connectivity index (χ2v) is 3.03. The largest absolute Gasteiger partial charge is 0.463 e. The van der Waals surface area contributed by atoms with Gasteiger partial charge in [-0.2, -0.15) is 0 Å². The van der Waals surface area contributed by atoms with E-state index in [1.54, 1.807) is 13.3 Å². The van der Waals surface area contributed by atoms with E-state index in [1.807, 2.05) is 25.1 Å². The van der Waals surface area contributed by atoms with Gasteiger partial charge in [0, 0.05) is 24.8 Å². The minimum absolute atomic E-state index is 0.246. The molecule has 0 saturated carbocycles. The molecule has 0 aliphatic heterocycles.